The highest BCUT2D eigenvalue weighted by Crippen LogP contribution is 2.33. The SMILES string of the molecule is COc1ccc(N2CC(NC(=O)Nc3ccc([N+](=O)[O-])cc3C)CC2=O)cc1OC. The maximum atomic E-state index is 12.5. The molecule has 0 spiro atoms. The molecule has 1 saturated heterocycles. The number of nitro groups is 1. The first-order valence-electron chi connectivity index (χ1n) is 9.17. The standard InChI is InChI=1S/C20H22N4O6/c1-12-8-15(24(27)28)4-6-16(12)22-20(26)21-13-9-19(25)23(11-13)14-5-7-17(29-2)18(10-14)30-3/h4-8,10,13H,9,11H2,1-3H3,(H2,21,22,26). The molecule has 3 amide bonds. The number of non-ortho nitro benzene ring substituents is 1. The van der Waals surface area contributed by atoms with Gasteiger partial charge < -0.3 is 25.0 Å². The molecule has 1 fully saturated rings. The molecule has 30 heavy (non-hydrogen) atoms. The molecule has 2 N–H and O–H groups in total. The van der Waals surface area contributed by atoms with Crippen LogP contribution in [0, 0.1) is 17.0 Å². The average molecular weight is 414 g/mol. The Hall–Kier alpha value is -3.82. The molecule has 0 aliphatic carbocycles. The molecule has 2 aromatic rings. The van der Waals surface area contributed by atoms with E-state index in [0.717, 1.165) is 0 Å². The van der Waals surface area contributed by atoms with Gasteiger partial charge in [0.15, 0.2) is 11.5 Å². The van der Waals surface area contributed by atoms with E-state index in [1.165, 1.54) is 32.4 Å². The Labute approximate surface area is 172 Å². The van der Waals surface area contributed by atoms with Crippen molar-refractivity contribution in [3.05, 3.63) is 52.1 Å². The van der Waals surface area contributed by atoms with Crippen molar-refractivity contribution in [2.24, 2.45) is 0 Å². The van der Waals surface area contributed by atoms with Crippen molar-refractivity contribution in [1.29, 1.82) is 0 Å². The zero-order valence-electron chi connectivity index (χ0n) is 16.8. The largest absolute Gasteiger partial charge is 0.493 e. The molecule has 2 aromatic carbocycles. The molecule has 1 heterocycles. The van der Waals surface area contributed by atoms with Gasteiger partial charge in [-0.3, -0.25) is 14.9 Å². The lowest BCUT2D eigenvalue weighted by molar-refractivity contribution is -0.384. The van der Waals surface area contributed by atoms with Gasteiger partial charge in [0.05, 0.1) is 25.2 Å². The van der Waals surface area contributed by atoms with Crippen LogP contribution in [0.25, 0.3) is 0 Å². The van der Waals surface area contributed by atoms with Crippen LogP contribution in [0.1, 0.15) is 12.0 Å². The molecule has 1 unspecified atom stereocenters. The number of anilines is 2. The third kappa shape index (κ3) is 4.43. The van der Waals surface area contributed by atoms with Crippen LogP contribution in [0.15, 0.2) is 36.4 Å². The minimum atomic E-state index is -0.496. The van der Waals surface area contributed by atoms with Gasteiger partial charge in [0.25, 0.3) is 5.69 Å². The smallest absolute Gasteiger partial charge is 0.319 e. The van der Waals surface area contributed by atoms with Gasteiger partial charge >= 0.3 is 6.03 Å². The van der Waals surface area contributed by atoms with Crippen molar-refractivity contribution in [2.75, 3.05) is 31.0 Å². The van der Waals surface area contributed by atoms with Crippen LogP contribution in [-0.4, -0.2) is 43.7 Å². The molecule has 3 rings (SSSR count). The number of nitrogens with zero attached hydrogens (tertiary/aromatic N) is 2. The van der Waals surface area contributed by atoms with Crippen LogP contribution in [-0.2, 0) is 4.79 Å². The fraction of sp³-hybridized carbons (Fsp3) is 0.300. The number of urea groups is 1. The van der Waals surface area contributed by atoms with Crippen molar-refractivity contribution in [2.45, 2.75) is 19.4 Å². The summed E-state index contributed by atoms with van der Waals surface area (Å²) in [6.07, 6.45) is 0.154. The highest BCUT2D eigenvalue weighted by atomic mass is 16.6. The predicted molar refractivity (Wildman–Crippen MR) is 110 cm³/mol. The van der Waals surface area contributed by atoms with E-state index in [4.69, 9.17) is 9.47 Å². The molecule has 1 aliphatic heterocycles. The van der Waals surface area contributed by atoms with E-state index in [1.807, 2.05) is 0 Å². The van der Waals surface area contributed by atoms with Crippen LogP contribution in [0.4, 0.5) is 21.9 Å². The van der Waals surface area contributed by atoms with E-state index in [-0.39, 0.29) is 24.1 Å². The number of rotatable bonds is 6. The number of methoxy groups -OCH3 is 2. The fourth-order valence-corrected chi connectivity index (χ4v) is 3.29. The van der Waals surface area contributed by atoms with E-state index < -0.39 is 11.0 Å². The summed E-state index contributed by atoms with van der Waals surface area (Å²) < 4.78 is 10.5. The number of aryl methyl sites for hydroxylation is 1. The number of hydrogen-bond donors (Lipinski definition) is 2. The van der Waals surface area contributed by atoms with Crippen LogP contribution in [0.2, 0.25) is 0 Å². The van der Waals surface area contributed by atoms with Crippen LogP contribution in [0.3, 0.4) is 0 Å². The second kappa shape index (κ2) is 8.68. The summed E-state index contributed by atoms with van der Waals surface area (Å²) >= 11 is 0. The Morgan fingerprint density at radius 1 is 1.17 bits per heavy atom. The average Bonchev–Trinajstić information content (AvgIpc) is 3.08. The minimum absolute atomic E-state index is 0.0505. The Balaban J connectivity index is 1.64. The van der Waals surface area contributed by atoms with Crippen molar-refractivity contribution in [3.63, 3.8) is 0 Å². The van der Waals surface area contributed by atoms with Crippen LogP contribution in [0.5, 0.6) is 11.5 Å². The molecular formula is C20H22N4O6. The fourth-order valence-electron chi connectivity index (χ4n) is 3.29. The Bertz CT molecular complexity index is 993. The maximum absolute atomic E-state index is 12.5. The van der Waals surface area contributed by atoms with E-state index >= 15 is 0 Å². The quantitative estimate of drug-likeness (QED) is 0.553. The first-order chi connectivity index (χ1) is 14.3. The Kier molecular flexibility index (Phi) is 6.05. The number of carbonyl (C=O) groups excluding carboxylic acids is 2. The molecule has 0 bridgehead atoms. The number of amides is 3. The number of ether oxygens (including phenoxy) is 2. The van der Waals surface area contributed by atoms with Gasteiger partial charge in [-0.15, -0.1) is 0 Å². The Morgan fingerprint density at radius 3 is 2.53 bits per heavy atom. The van der Waals surface area contributed by atoms with Gasteiger partial charge in [-0.25, -0.2) is 4.79 Å². The number of hydrogen-bond acceptors (Lipinski definition) is 6. The Morgan fingerprint density at radius 2 is 1.90 bits per heavy atom. The summed E-state index contributed by atoms with van der Waals surface area (Å²) in [5, 5.41) is 16.3. The van der Waals surface area contributed by atoms with Crippen molar-refractivity contribution in [1.82, 2.24) is 5.32 Å². The highest BCUT2D eigenvalue weighted by Gasteiger charge is 2.32. The minimum Gasteiger partial charge on any atom is -0.493 e. The second-order valence-electron chi connectivity index (χ2n) is 6.80. The molecular weight excluding hydrogens is 392 g/mol. The van der Waals surface area contributed by atoms with E-state index in [0.29, 0.717) is 35.0 Å². The maximum Gasteiger partial charge on any atom is 0.319 e. The molecule has 1 atom stereocenters. The number of benzene rings is 2. The van der Waals surface area contributed by atoms with E-state index in [2.05, 4.69) is 10.6 Å². The van der Waals surface area contributed by atoms with Gasteiger partial charge in [-0.05, 0) is 30.7 Å². The summed E-state index contributed by atoms with van der Waals surface area (Å²) in [4.78, 5) is 36.7. The second-order valence-corrected chi connectivity index (χ2v) is 6.80. The monoisotopic (exact) mass is 414 g/mol. The van der Waals surface area contributed by atoms with Crippen LogP contribution < -0.4 is 25.0 Å². The first-order valence-corrected chi connectivity index (χ1v) is 9.17. The highest BCUT2D eigenvalue weighted by molar-refractivity contribution is 5.98. The third-order valence-corrected chi connectivity index (χ3v) is 4.81. The van der Waals surface area contributed by atoms with Crippen molar-refractivity contribution >= 4 is 29.0 Å². The van der Waals surface area contributed by atoms with Gasteiger partial charge in [0, 0.05) is 42.5 Å². The molecule has 10 nitrogen and oxygen atoms in total. The van der Waals surface area contributed by atoms with E-state index in [1.54, 1.807) is 30.0 Å². The topological polar surface area (TPSA) is 123 Å². The number of nitro benzene ring substituents is 1. The number of carbonyl (C=O) groups is 2. The lowest BCUT2D eigenvalue weighted by atomic mass is 10.2. The molecule has 1 aliphatic rings. The molecule has 0 saturated carbocycles. The van der Waals surface area contributed by atoms with Gasteiger partial charge in [-0.2, -0.15) is 0 Å². The van der Waals surface area contributed by atoms with Crippen LogP contribution >= 0.6 is 0 Å². The lowest BCUT2D eigenvalue weighted by Crippen LogP contribution is -2.39. The third-order valence-electron chi connectivity index (χ3n) is 4.81. The summed E-state index contributed by atoms with van der Waals surface area (Å²) in [5.74, 6) is 0.935. The normalized spacial score (nSPS) is 15.6. The summed E-state index contributed by atoms with van der Waals surface area (Å²) in [7, 11) is 3.05. The predicted octanol–water partition coefficient (Wildman–Crippen LogP) is 2.85. The van der Waals surface area contributed by atoms with Crippen molar-refractivity contribution in [3.8, 4) is 11.5 Å². The summed E-state index contributed by atoms with van der Waals surface area (Å²) in [6.45, 7) is 1.97. The molecule has 10 heteroatoms. The summed E-state index contributed by atoms with van der Waals surface area (Å²) in [6, 6.07) is 8.48. The van der Waals surface area contributed by atoms with E-state index in [9.17, 15) is 19.7 Å². The first kappa shape index (κ1) is 20.9. The molecule has 0 radical (unpaired) electrons. The lowest BCUT2D eigenvalue weighted by Gasteiger charge is -2.19. The molecule has 158 valence electrons. The number of nitrogens with one attached hydrogen (secondary N) is 2. The molecule has 0 aromatic heterocycles. The van der Waals surface area contributed by atoms with Gasteiger partial charge in [0.2, 0.25) is 5.91 Å². The van der Waals surface area contributed by atoms with Crippen molar-refractivity contribution < 1.29 is 24.0 Å². The summed E-state index contributed by atoms with van der Waals surface area (Å²) in [5.41, 5.74) is 1.62. The van der Waals surface area contributed by atoms with Gasteiger partial charge in [0.1, 0.15) is 0 Å². The zero-order chi connectivity index (χ0) is 21.8. The van der Waals surface area contributed by atoms with Gasteiger partial charge in [-0.1, -0.05) is 0 Å². The zero-order valence-corrected chi connectivity index (χ0v) is 16.8.